The lowest BCUT2D eigenvalue weighted by molar-refractivity contribution is 0.0766. The lowest BCUT2D eigenvalue weighted by atomic mass is 10.0. The molecule has 1 aromatic rings. The fourth-order valence-corrected chi connectivity index (χ4v) is 2.56. The first-order valence-corrected chi connectivity index (χ1v) is 6.13. The van der Waals surface area contributed by atoms with Crippen molar-refractivity contribution in [2.75, 3.05) is 13.1 Å². The first-order valence-electron chi connectivity index (χ1n) is 5.36. The van der Waals surface area contributed by atoms with Crippen LogP contribution in [0.1, 0.15) is 28.7 Å². The number of nitrogens with zero attached hydrogens (tertiary/aromatic N) is 3. The fraction of sp³-hybridized carbons (Fsp3) is 0.700. The highest BCUT2D eigenvalue weighted by Gasteiger charge is 2.31. The predicted molar refractivity (Wildman–Crippen MR) is 60.3 cm³/mol. The van der Waals surface area contributed by atoms with E-state index in [1.54, 1.807) is 18.7 Å². The van der Waals surface area contributed by atoms with Gasteiger partial charge in [0.25, 0.3) is 5.91 Å². The molecule has 1 fully saturated rings. The van der Waals surface area contributed by atoms with Gasteiger partial charge in [0.1, 0.15) is 4.88 Å². The van der Waals surface area contributed by atoms with Gasteiger partial charge >= 0.3 is 0 Å². The molecule has 1 aromatic heterocycles. The summed E-state index contributed by atoms with van der Waals surface area (Å²) < 4.78 is 3.76. The third-order valence-corrected chi connectivity index (χ3v) is 3.86. The quantitative estimate of drug-likeness (QED) is 0.827. The molecule has 0 aliphatic carbocycles. The molecule has 1 saturated heterocycles. The summed E-state index contributed by atoms with van der Waals surface area (Å²) in [6, 6.07) is 0. The minimum Gasteiger partial charge on any atom is -0.393 e. The number of rotatable bonds is 2. The Bertz CT molecular complexity index is 391. The van der Waals surface area contributed by atoms with Crippen LogP contribution in [0.15, 0.2) is 0 Å². The second kappa shape index (κ2) is 4.47. The summed E-state index contributed by atoms with van der Waals surface area (Å²) in [6.45, 7) is 4.91. The summed E-state index contributed by atoms with van der Waals surface area (Å²) in [6.07, 6.45) is 0.521. The molecule has 0 saturated carbocycles. The van der Waals surface area contributed by atoms with Gasteiger partial charge in [0.2, 0.25) is 0 Å². The average Bonchev–Trinajstić information content (AvgIpc) is 2.84. The number of aliphatic hydroxyl groups excluding tert-OH is 1. The number of amides is 1. The van der Waals surface area contributed by atoms with E-state index in [9.17, 15) is 9.90 Å². The van der Waals surface area contributed by atoms with Crippen LogP contribution >= 0.6 is 11.5 Å². The van der Waals surface area contributed by atoms with Crippen molar-refractivity contribution in [2.24, 2.45) is 5.92 Å². The van der Waals surface area contributed by atoms with Crippen molar-refractivity contribution < 1.29 is 9.90 Å². The zero-order chi connectivity index (χ0) is 11.7. The van der Waals surface area contributed by atoms with E-state index in [-0.39, 0.29) is 17.9 Å². The molecule has 2 rings (SSSR count). The molecule has 0 bridgehead atoms. The second-order valence-electron chi connectivity index (χ2n) is 4.23. The molecule has 2 unspecified atom stereocenters. The average molecular weight is 241 g/mol. The summed E-state index contributed by atoms with van der Waals surface area (Å²) >= 11 is 1.14. The van der Waals surface area contributed by atoms with Crippen molar-refractivity contribution in [1.82, 2.24) is 14.5 Å². The van der Waals surface area contributed by atoms with Crippen LogP contribution in [0.4, 0.5) is 0 Å². The van der Waals surface area contributed by atoms with E-state index in [2.05, 4.69) is 9.59 Å². The van der Waals surface area contributed by atoms with Crippen LogP contribution in [0.3, 0.4) is 0 Å². The van der Waals surface area contributed by atoms with Gasteiger partial charge in [-0.3, -0.25) is 4.79 Å². The molecule has 5 nitrogen and oxygen atoms in total. The Morgan fingerprint density at radius 1 is 1.69 bits per heavy atom. The number of hydrogen-bond donors (Lipinski definition) is 1. The first-order chi connectivity index (χ1) is 7.59. The number of carbonyl (C=O) groups is 1. The molecule has 0 aromatic carbocycles. The van der Waals surface area contributed by atoms with Gasteiger partial charge < -0.3 is 10.0 Å². The van der Waals surface area contributed by atoms with Crippen LogP contribution < -0.4 is 0 Å². The number of aromatic nitrogens is 2. The Balaban J connectivity index is 2.05. The summed E-state index contributed by atoms with van der Waals surface area (Å²) in [5.41, 5.74) is 0.690. The molecule has 1 N–H and O–H groups in total. The molecule has 1 aliphatic rings. The van der Waals surface area contributed by atoms with Crippen molar-refractivity contribution in [1.29, 1.82) is 0 Å². The molecule has 1 amide bonds. The Labute approximate surface area is 98.2 Å². The number of aliphatic hydroxyl groups is 1. The maximum atomic E-state index is 12.1. The molecule has 2 atom stereocenters. The van der Waals surface area contributed by atoms with E-state index in [4.69, 9.17) is 0 Å². The second-order valence-corrected chi connectivity index (χ2v) is 4.98. The number of aryl methyl sites for hydroxylation is 1. The molecule has 0 spiro atoms. The Morgan fingerprint density at radius 3 is 2.94 bits per heavy atom. The van der Waals surface area contributed by atoms with E-state index in [0.29, 0.717) is 23.7 Å². The summed E-state index contributed by atoms with van der Waals surface area (Å²) in [5.74, 6) is 0.195. The molecule has 1 aliphatic heterocycles. The van der Waals surface area contributed by atoms with E-state index >= 15 is 0 Å². The van der Waals surface area contributed by atoms with E-state index in [0.717, 1.165) is 18.0 Å². The van der Waals surface area contributed by atoms with Crippen molar-refractivity contribution in [3.63, 3.8) is 0 Å². The SMILES string of the molecule is Cc1nnsc1C(=O)N1CCC(C(C)O)C1. The maximum absolute atomic E-state index is 12.1. The number of carbonyl (C=O) groups excluding carboxylic acids is 1. The van der Waals surface area contributed by atoms with E-state index < -0.39 is 0 Å². The minimum absolute atomic E-state index is 0.00403. The Hall–Kier alpha value is -1.01. The van der Waals surface area contributed by atoms with Gasteiger partial charge in [-0.2, -0.15) is 0 Å². The van der Waals surface area contributed by atoms with Crippen LogP contribution in [0.2, 0.25) is 0 Å². The van der Waals surface area contributed by atoms with Gasteiger partial charge in [-0.15, -0.1) is 5.10 Å². The van der Waals surface area contributed by atoms with Crippen molar-refractivity contribution in [2.45, 2.75) is 26.4 Å². The summed E-state index contributed by atoms with van der Waals surface area (Å²) in [4.78, 5) is 14.5. The van der Waals surface area contributed by atoms with Gasteiger partial charge in [0.05, 0.1) is 11.8 Å². The van der Waals surface area contributed by atoms with Crippen molar-refractivity contribution in [3.05, 3.63) is 10.6 Å². The Kier molecular flexibility index (Phi) is 3.20. The van der Waals surface area contributed by atoms with Gasteiger partial charge in [-0.25, -0.2) is 0 Å². The van der Waals surface area contributed by atoms with Crippen LogP contribution in [0.5, 0.6) is 0 Å². The molecule has 2 heterocycles. The lowest BCUT2D eigenvalue weighted by Gasteiger charge is -2.16. The zero-order valence-electron chi connectivity index (χ0n) is 9.38. The van der Waals surface area contributed by atoms with Crippen molar-refractivity contribution >= 4 is 17.4 Å². The number of likely N-dealkylation sites (tertiary alicyclic amines) is 1. The maximum Gasteiger partial charge on any atom is 0.267 e. The summed E-state index contributed by atoms with van der Waals surface area (Å²) in [5, 5.41) is 13.3. The van der Waals surface area contributed by atoms with Gasteiger partial charge in [-0.1, -0.05) is 4.49 Å². The topological polar surface area (TPSA) is 66.3 Å². The zero-order valence-corrected chi connectivity index (χ0v) is 10.2. The van der Waals surface area contributed by atoms with Gasteiger partial charge in [-0.05, 0) is 31.8 Å². The third kappa shape index (κ3) is 2.08. The Morgan fingerprint density at radius 2 is 2.44 bits per heavy atom. The monoisotopic (exact) mass is 241 g/mol. The molecular formula is C10H15N3O2S. The highest BCUT2D eigenvalue weighted by Crippen LogP contribution is 2.23. The first kappa shape index (κ1) is 11.5. The highest BCUT2D eigenvalue weighted by molar-refractivity contribution is 7.07. The van der Waals surface area contributed by atoms with Gasteiger partial charge in [0, 0.05) is 19.0 Å². The molecular weight excluding hydrogens is 226 g/mol. The predicted octanol–water partition coefficient (Wildman–Crippen LogP) is 0.689. The highest BCUT2D eigenvalue weighted by atomic mass is 32.1. The minimum atomic E-state index is -0.349. The van der Waals surface area contributed by atoms with Crippen LogP contribution in [-0.4, -0.2) is 44.7 Å². The third-order valence-electron chi connectivity index (χ3n) is 3.04. The number of hydrogen-bond acceptors (Lipinski definition) is 5. The molecule has 0 radical (unpaired) electrons. The van der Waals surface area contributed by atoms with Crippen molar-refractivity contribution in [3.8, 4) is 0 Å². The largest absolute Gasteiger partial charge is 0.393 e. The van der Waals surface area contributed by atoms with Crippen LogP contribution in [0.25, 0.3) is 0 Å². The lowest BCUT2D eigenvalue weighted by Crippen LogP contribution is -2.30. The summed E-state index contributed by atoms with van der Waals surface area (Å²) in [7, 11) is 0. The smallest absolute Gasteiger partial charge is 0.267 e. The standard InChI is InChI=1S/C10H15N3O2S/c1-6-9(16-12-11-6)10(15)13-4-3-8(5-13)7(2)14/h7-8,14H,3-5H2,1-2H3. The molecule has 88 valence electrons. The van der Waals surface area contributed by atoms with Crippen LogP contribution in [-0.2, 0) is 0 Å². The normalized spacial score (nSPS) is 22.4. The van der Waals surface area contributed by atoms with E-state index in [1.165, 1.54) is 0 Å². The van der Waals surface area contributed by atoms with E-state index in [1.807, 2.05) is 0 Å². The fourth-order valence-electron chi connectivity index (χ4n) is 1.94. The molecule has 16 heavy (non-hydrogen) atoms. The van der Waals surface area contributed by atoms with Crippen LogP contribution in [0, 0.1) is 12.8 Å². The van der Waals surface area contributed by atoms with Gasteiger partial charge in [0.15, 0.2) is 0 Å². The molecule has 6 heteroatoms.